The zero-order valence-corrected chi connectivity index (χ0v) is 17.3. The van der Waals surface area contributed by atoms with Crippen LogP contribution in [-0.2, 0) is 23.2 Å². The van der Waals surface area contributed by atoms with Crippen molar-refractivity contribution in [1.29, 1.82) is 0 Å². The molecule has 1 amide bonds. The highest BCUT2D eigenvalue weighted by molar-refractivity contribution is 5.86. The molecule has 3 N–H and O–H groups in total. The van der Waals surface area contributed by atoms with Crippen LogP contribution in [0.3, 0.4) is 0 Å². The van der Waals surface area contributed by atoms with Gasteiger partial charge in [-0.1, -0.05) is 12.1 Å². The molecule has 0 radical (unpaired) electrons. The molecule has 1 atom stereocenters. The van der Waals surface area contributed by atoms with E-state index >= 15 is 0 Å². The molecule has 3 aromatic rings. The molecule has 1 unspecified atom stereocenters. The minimum Gasteiger partial charge on any atom is -0.494 e. The van der Waals surface area contributed by atoms with Crippen molar-refractivity contribution in [2.75, 3.05) is 13.2 Å². The van der Waals surface area contributed by atoms with E-state index in [1.165, 1.54) is 0 Å². The van der Waals surface area contributed by atoms with Crippen LogP contribution in [0.4, 0.5) is 0 Å². The SMILES string of the molecule is CCOc1ccc(C(CCc2ccncc2)(NCCc2ccncc2)C(N)=O)cc1. The smallest absolute Gasteiger partial charge is 0.242 e. The number of hydrogen-bond donors (Lipinski definition) is 2. The molecular formula is C24H28N4O2. The Morgan fingerprint density at radius 1 is 0.933 bits per heavy atom. The molecule has 0 aliphatic heterocycles. The topological polar surface area (TPSA) is 90.1 Å². The molecule has 3 rings (SSSR count). The van der Waals surface area contributed by atoms with Crippen LogP contribution >= 0.6 is 0 Å². The van der Waals surface area contributed by atoms with E-state index < -0.39 is 11.4 Å². The fourth-order valence-corrected chi connectivity index (χ4v) is 3.54. The zero-order valence-electron chi connectivity index (χ0n) is 17.3. The molecular weight excluding hydrogens is 376 g/mol. The molecule has 2 heterocycles. The van der Waals surface area contributed by atoms with E-state index in [-0.39, 0.29) is 0 Å². The second kappa shape index (κ2) is 10.5. The van der Waals surface area contributed by atoms with Crippen molar-refractivity contribution in [3.63, 3.8) is 0 Å². The third kappa shape index (κ3) is 5.42. The number of nitrogens with two attached hydrogens (primary N) is 1. The molecule has 6 heteroatoms. The number of hydrogen-bond acceptors (Lipinski definition) is 5. The number of nitrogens with one attached hydrogen (secondary N) is 1. The van der Waals surface area contributed by atoms with E-state index in [0.29, 0.717) is 26.0 Å². The van der Waals surface area contributed by atoms with E-state index in [0.717, 1.165) is 28.9 Å². The molecule has 1 aromatic carbocycles. The summed E-state index contributed by atoms with van der Waals surface area (Å²) >= 11 is 0. The third-order valence-electron chi connectivity index (χ3n) is 5.21. The quantitative estimate of drug-likeness (QED) is 0.513. The maximum absolute atomic E-state index is 12.8. The Hall–Kier alpha value is -3.25. The first-order valence-corrected chi connectivity index (χ1v) is 10.2. The number of ether oxygens (including phenoxy) is 1. The normalized spacial score (nSPS) is 12.8. The highest BCUT2D eigenvalue weighted by atomic mass is 16.5. The Morgan fingerprint density at radius 2 is 1.50 bits per heavy atom. The van der Waals surface area contributed by atoms with Crippen molar-refractivity contribution in [2.24, 2.45) is 5.73 Å². The van der Waals surface area contributed by atoms with Gasteiger partial charge in [-0.05, 0) is 79.3 Å². The lowest BCUT2D eigenvalue weighted by atomic mass is 9.83. The molecule has 0 aliphatic rings. The summed E-state index contributed by atoms with van der Waals surface area (Å²) in [6.45, 7) is 3.14. The lowest BCUT2D eigenvalue weighted by molar-refractivity contribution is -0.125. The third-order valence-corrected chi connectivity index (χ3v) is 5.21. The average Bonchev–Trinajstić information content (AvgIpc) is 2.78. The summed E-state index contributed by atoms with van der Waals surface area (Å²) in [6.07, 6.45) is 9.06. The van der Waals surface area contributed by atoms with Gasteiger partial charge in [-0.25, -0.2) is 0 Å². The fourth-order valence-electron chi connectivity index (χ4n) is 3.54. The van der Waals surface area contributed by atoms with Gasteiger partial charge in [0.2, 0.25) is 5.91 Å². The molecule has 0 spiro atoms. The van der Waals surface area contributed by atoms with Crippen LogP contribution in [0.25, 0.3) is 0 Å². The second-order valence-electron chi connectivity index (χ2n) is 7.11. The summed E-state index contributed by atoms with van der Waals surface area (Å²) in [6, 6.07) is 15.5. The Morgan fingerprint density at radius 3 is 2.03 bits per heavy atom. The number of carbonyl (C=O) groups is 1. The van der Waals surface area contributed by atoms with Crippen molar-refractivity contribution >= 4 is 5.91 Å². The molecule has 156 valence electrons. The number of nitrogens with zero attached hydrogens (tertiary/aromatic N) is 2. The molecule has 0 saturated heterocycles. The van der Waals surface area contributed by atoms with Gasteiger partial charge in [0.25, 0.3) is 0 Å². The Kier molecular flexibility index (Phi) is 7.51. The highest BCUT2D eigenvalue weighted by Gasteiger charge is 2.37. The fraction of sp³-hybridized carbons (Fsp3) is 0.292. The first kappa shape index (κ1) is 21.5. The zero-order chi connectivity index (χ0) is 21.2. The summed E-state index contributed by atoms with van der Waals surface area (Å²) < 4.78 is 5.55. The summed E-state index contributed by atoms with van der Waals surface area (Å²) in [5, 5.41) is 3.47. The number of primary amides is 1. The summed E-state index contributed by atoms with van der Waals surface area (Å²) in [4.78, 5) is 20.9. The van der Waals surface area contributed by atoms with Crippen LogP contribution in [0, 0.1) is 0 Å². The first-order chi connectivity index (χ1) is 14.6. The average molecular weight is 405 g/mol. The van der Waals surface area contributed by atoms with Crippen LogP contribution < -0.4 is 15.8 Å². The largest absolute Gasteiger partial charge is 0.494 e. The van der Waals surface area contributed by atoms with Gasteiger partial charge < -0.3 is 10.5 Å². The number of benzene rings is 1. The predicted octanol–water partition coefficient (Wildman–Crippen LogP) is 3.02. The van der Waals surface area contributed by atoms with E-state index in [4.69, 9.17) is 10.5 Å². The second-order valence-corrected chi connectivity index (χ2v) is 7.11. The van der Waals surface area contributed by atoms with Gasteiger partial charge in [-0.2, -0.15) is 0 Å². The standard InChI is InChI=1S/C24H28N4O2/c1-2-30-22-5-3-21(4-6-22)24(23(25)29,13-7-19-8-14-26-15-9-19)28-18-12-20-10-16-27-17-11-20/h3-6,8-11,14-17,28H,2,7,12-13,18H2,1H3,(H2,25,29). The molecule has 0 saturated carbocycles. The van der Waals surface area contributed by atoms with Crippen LogP contribution in [0.1, 0.15) is 30.0 Å². The van der Waals surface area contributed by atoms with Gasteiger partial charge in [-0.3, -0.25) is 20.1 Å². The van der Waals surface area contributed by atoms with Crippen molar-refractivity contribution in [3.8, 4) is 5.75 Å². The van der Waals surface area contributed by atoms with Gasteiger partial charge in [0.05, 0.1) is 6.61 Å². The van der Waals surface area contributed by atoms with Crippen LogP contribution in [-0.4, -0.2) is 29.0 Å². The minimum atomic E-state index is -0.985. The predicted molar refractivity (Wildman–Crippen MR) is 117 cm³/mol. The van der Waals surface area contributed by atoms with E-state index in [1.54, 1.807) is 24.8 Å². The summed E-state index contributed by atoms with van der Waals surface area (Å²) in [5.74, 6) is 0.376. The number of amides is 1. The lowest BCUT2D eigenvalue weighted by Gasteiger charge is -2.33. The first-order valence-electron chi connectivity index (χ1n) is 10.2. The van der Waals surface area contributed by atoms with E-state index in [1.807, 2.05) is 55.5 Å². The van der Waals surface area contributed by atoms with Gasteiger partial charge in [-0.15, -0.1) is 0 Å². The van der Waals surface area contributed by atoms with Crippen LogP contribution in [0.2, 0.25) is 0 Å². The number of carbonyl (C=O) groups excluding carboxylic acids is 1. The van der Waals surface area contributed by atoms with Crippen molar-refractivity contribution in [2.45, 2.75) is 31.7 Å². The van der Waals surface area contributed by atoms with E-state index in [9.17, 15) is 4.79 Å². The summed E-state index contributed by atoms with van der Waals surface area (Å²) in [7, 11) is 0. The molecule has 2 aromatic heterocycles. The number of aromatic nitrogens is 2. The maximum Gasteiger partial charge on any atom is 0.242 e. The Balaban J connectivity index is 1.84. The number of aryl methyl sites for hydroxylation is 1. The maximum atomic E-state index is 12.8. The van der Waals surface area contributed by atoms with Gasteiger partial charge in [0.15, 0.2) is 0 Å². The van der Waals surface area contributed by atoms with Gasteiger partial charge in [0, 0.05) is 31.3 Å². The number of rotatable bonds is 11. The molecule has 0 aliphatic carbocycles. The van der Waals surface area contributed by atoms with E-state index in [2.05, 4.69) is 15.3 Å². The van der Waals surface area contributed by atoms with Crippen LogP contribution in [0.15, 0.2) is 73.3 Å². The van der Waals surface area contributed by atoms with Gasteiger partial charge in [0.1, 0.15) is 11.3 Å². The Labute approximate surface area is 177 Å². The molecule has 0 bridgehead atoms. The molecule has 6 nitrogen and oxygen atoms in total. The monoisotopic (exact) mass is 404 g/mol. The number of pyridine rings is 2. The van der Waals surface area contributed by atoms with Crippen molar-refractivity contribution in [1.82, 2.24) is 15.3 Å². The van der Waals surface area contributed by atoms with Crippen molar-refractivity contribution in [3.05, 3.63) is 90.0 Å². The molecule has 0 fully saturated rings. The molecule has 30 heavy (non-hydrogen) atoms. The van der Waals surface area contributed by atoms with Crippen LogP contribution in [0.5, 0.6) is 5.75 Å². The van der Waals surface area contributed by atoms with Gasteiger partial charge >= 0.3 is 0 Å². The van der Waals surface area contributed by atoms with Crippen molar-refractivity contribution < 1.29 is 9.53 Å². The summed E-state index contributed by atoms with van der Waals surface area (Å²) in [5.41, 5.74) is 8.10. The lowest BCUT2D eigenvalue weighted by Crippen LogP contribution is -2.53. The minimum absolute atomic E-state index is 0.393. The Bertz CT molecular complexity index is 917. The highest BCUT2D eigenvalue weighted by Crippen LogP contribution is 2.29.